The molecule has 0 atom stereocenters. The standard InChI is InChI=1S/C27H28BrClN6O2S/c1-4-16-10-12-22(19-8-6-5-7-18(16)19)35-25(28)33-34-26(35)38-14-23(36)32-21-11-9-17(13-20(21)29)24(37)31-15-27(2,3)30/h5-13H,4,14-15,30H2,1-3H3,(H,31,37)(H,32,36). The molecule has 0 bridgehead atoms. The molecule has 1 heterocycles. The molecular weight excluding hydrogens is 588 g/mol. The third kappa shape index (κ3) is 6.55. The summed E-state index contributed by atoms with van der Waals surface area (Å²) in [6.07, 6.45) is 0.923. The van der Waals surface area contributed by atoms with Crippen LogP contribution in [0.4, 0.5) is 5.69 Å². The van der Waals surface area contributed by atoms with Gasteiger partial charge in [0.05, 0.1) is 22.2 Å². The molecule has 8 nitrogen and oxygen atoms in total. The number of rotatable bonds is 9. The Bertz CT molecular complexity index is 1500. The minimum Gasteiger partial charge on any atom is -0.350 e. The molecular formula is C27H28BrClN6O2S. The summed E-state index contributed by atoms with van der Waals surface area (Å²) in [7, 11) is 0. The van der Waals surface area contributed by atoms with Crippen molar-refractivity contribution in [3.8, 4) is 5.69 Å². The SMILES string of the molecule is CCc1ccc(-n2c(Br)nnc2SCC(=O)Nc2ccc(C(=O)NCC(C)(C)N)cc2Cl)c2ccccc12. The number of carbonyl (C=O) groups excluding carboxylic acids is 2. The van der Waals surface area contributed by atoms with Gasteiger partial charge in [-0.25, -0.2) is 0 Å². The largest absolute Gasteiger partial charge is 0.350 e. The van der Waals surface area contributed by atoms with Gasteiger partial charge in [0.15, 0.2) is 5.16 Å². The monoisotopic (exact) mass is 614 g/mol. The lowest BCUT2D eigenvalue weighted by Crippen LogP contribution is -2.45. The van der Waals surface area contributed by atoms with Gasteiger partial charge in [0.2, 0.25) is 10.6 Å². The van der Waals surface area contributed by atoms with E-state index in [2.05, 4.69) is 61.9 Å². The van der Waals surface area contributed by atoms with Crippen LogP contribution in [0.5, 0.6) is 0 Å². The average Bonchev–Trinajstić information content (AvgIpc) is 3.26. The Hall–Kier alpha value is -2.92. The first-order valence-corrected chi connectivity index (χ1v) is 14.1. The number of hydrogen-bond acceptors (Lipinski definition) is 6. The fourth-order valence-corrected chi connectivity index (χ4v) is 5.41. The number of nitrogens with two attached hydrogens (primary N) is 1. The van der Waals surface area contributed by atoms with Gasteiger partial charge in [-0.05, 0) is 71.4 Å². The van der Waals surface area contributed by atoms with E-state index in [1.165, 1.54) is 28.8 Å². The van der Waals surface area contributed by atoms with E-state index in [0.29, 0.717) is 27.7 Å². The van der Waals surface area contributed by atoms with Crippen molar-refractivity contribution >= 4 is 67.6 Å². The summed E-state index contributed by atoms with van der Waals surface area (Å²) in [4.78, 5) is 25.1. The van der Waals surface area contributed by atoms with Gasteiger partial charge >= 0.3 is 0 Å². The molecule has 0 saturated carbocycles. The van der Waals surface area contributed by atoms with Crippen molar-refractivity contribution < 1.29 is 9.59 Å². The van der Waals surface area contributed by atoms with Crippen molar-refractivity contribution in [2.24, 2.45) is 5.73 Å². The number of thioether (sulfide) groups is 1. The number of anilines is 1. The molecule has 1 aromatic heterocycles. The van der Waals surface area contributed by atoms with Gasteiger partial charge in [-0.15, -0.1) is 10.2 Å². The lowest BCUT2D eigenvalue weighted by molar-refractivity contribution is -0.113. The number of hydrogen-bond donors (Lipinski definition) is 3. The fourth-order valence-electron chi connectivity index (χ4n) is 3.88. The van der Waals surface area contributed by atoms with Crippen LogP contribution in [0.25, 0.3) is 16.5 Å². The van der Waals surface area contributed by atoms with E-state index < -0.39 is 5.54 Å². The molecule has 0 aliphatic carbocycles. The molecule has 198 valence electrons. The first-order valence-electron chi connectivity index (χ1n) is 12.0. The Morgan fingerprint density at radius 3 is 2.53 bits per heavy atom. The van der Waals surface area contributed by atoms with Crippen molar-refractivity contribution in [3.05, 3.63) is 75.5 Å². The molecule has 0 fully saturated rings. The van der Waals surface area contributed by atoms with Crippen LogP contribution < -0.4 is 16.4 Å². The van der Waals surface area contributed by atoms with E-state index in [1.54, 1.807) is 12.1 Å². The number of aryl methyl sites for hydroxylation is 1. The van der Waals surface area contributed by atoms with Crippen LogP contribution in [-0.2, 0) is 11.2 Å². The van der Waals surface area contributed by atoms with E-state index in [4.69, 9.17) is 17.3 Å². The Kier molecular flexibility index (Phi) is 8.77. The van der Waals surface area contributed by atoms with Gasteiger partial charge in [0, 0.05) is 23.0 Å². The second kappa shape index (κ2) is 11.9. The molecule has 4 aromatic rings. The van der Waals surface area contributed by atoms with Crippen LogP contribution in [0.3, 0.4) is 0 Å². The summed E-state index contributed by atoms with van der Waals surface area (Å²) in [6, 6.07) is 17.1. The molecule has 4 N–H and O–H groups in total. The first kappa shape index (κ1) is 28.1. The quantitative estimate of drug-likeness (QED) is 0.211. The van der Waals surface area contributed by atoms with Gasteiger partial charge in [-0.3, -0.25) is 14.2 Å². The molecule has 0 unspecified atom stereocenters. The fraction of sp³-hybridized carbons (Fsp3) is 0.259. The number of carbonyl (C=O) groups is 2. The molecule has 38 heavy (non-hydrogen) atoms. The van der Waals surface area contributed by atoms with Crippen LogP contribution in [0.15, 0.2) is 64.5 Å². The molecule has 0 aliphatic heterocycles. The van der Waals surface area contributed by atoms with Gasteiger partial charge < -0.3 is 16.4 Å². The number of nitrogens with zero attached hydrogens (tertiary/aromatic N) is 3. The summed E-state index contributed by atoms with van der Waals surface area (Å²) in [5, 5.41) is 17.1. The third-order valence-electron chi connectivity index (χ3n) is 5.75. The van der Waals surface area contributed by atoms with E-state index >= 15 is 0 Å². The molecule has 2 amide bonds. The predicted molar refractivity (Wildman–Crippen MR) is 157 cm³/mol. The zero-order valence-corrected chi connectivity index (χ0v) is 24.4. The van der Waals surface area contributed by atoms with Crippen LogP contribution in [0.2, 0.25) is 5.02 Å². The molecule has 0 aliphatic rings. The van der Waals surface area contributed by atoms with Crippen LogP contribution in [0.1, 0.15) is 36.7 Å². The van der Waals surface area contributed by atoms with Crippen LogP contribution >= 0.6 is 39.3 Å². The zero-order chi connectivity index (χ0) is 27.4. The van der Waals surface area contributed by atoms with E-state index in [0.717, 1.165) is 17.5 Å². The second-order valence-corrected chi connectivity index (χ2v) is 11.5. The molecule has 0 saturated heterocycles. The van der Waals surface area contributed by atoms with Crippen LogP contribution in [0, 0.1) is 0 Å². The molecule has 11 heteroatoms. The minimum atomic E-state index is -0.531. The zero-order valence-electron chi connectivity index (χ0n) is 21.2. The maximum atomic E-state index is 12.8. The van der Waals surface area contributed by atoms with Crippen molar-refractivity contribution in [2.45, 2.75) is 37.9 Å². The van der Waals surface area contributed by atoms with E-state index in [9.17, 15) is 9.59 Å². The lowest BCUT2D eigenvalue weighted by atomic mass is 10.0. The average molecular weight is 616 g/mol. The summed E-state index contributed by atoms with van der Waals surface area (Å²) in [5.74, 6) is -0.473. The summed E-state index contributed by atoms with van der Waals surface area (Å²) in [6.45, 7) is 6.09. The van der Waals surface area contributed by atoms with Gasteiger partial charge in [-0.1, -0.05) is 60.6 Å². The Morgan fingerprint density at radius 2 is 1.84 bits per heavy atom. The highest BCUT2D eigenvalue weighted by molar-refractivity contribution is 9.10. The summed E-state index contributed by atoms with van der Waals surface area (Å²) >= 11 is 11.1. The highest BCUT2D eigenvalue weighted by Gasteiger charge is 2.18. The van der Waals surface area contributed by atoms with E-state index in [1.807, 2.05) is 36.6 Å². The van der Waals surface area contributed by atoms with Crippen molar-refractivity contribution in [1.82, 2.24) is 20.1 Å². The highest BCUT2D eigenvalue weighted by atomic mass is 79.9. The lowest BCUT2D eigenvalue weighted by Gasteiger charge is -2.19. The predicted octanol–water partition coefficient (Wildman–Crippen LogP) is 5.60. The van der Waals surface area contributed by atoms with Crippen molar-refractivity contribution in [3.63, 3.8) is 0 Å². The summed E-state index contributed by atoms with van der Waals surface area (Å²) in [5.41, 5.74) is 8.36. The van der Waals surface area contributed by atoms with Crippen molar-refractivity contribution in [2.75, 3.05) is 17.6 Å². The molecule has 0 spiro atoms. The maximum absolute atomic E-state index is 12.8. The number of aromatic nitrogens is 3. The highest BCUT2D eigenvalue weighted by Crippen LogP contribution is 2.32. The van der Waals surface area contributed by atoms with E-state index in [-0.39, 0.29) is 22.6 Å². The van der Waals surface area contributed by atoms with Gasteiger partial charge in [0.1, 0.15) is 0 Å². The Labute approximate surface area is 238 Å². The minimum absolute atomic E-state index is 0.0836. The molecule has 3 aromatic carbocycles. The number of benzene rings is 3. The number of amides is 2. The number of halogens is 2. The maximum Gasteiger partial charge on any atom is 0.251 e. The normalized spacial score (nSPS) is 11.5. The number of fused-ring (bicyclic) bond motifs is 1. The topological polar surface area (TPSA) is 115 Å². The Balaban J connectivity index is 1.46. The third-order valence-corrected chi connectivity index (χ3v) is 7.50. The second-order valence-electron chi connectivity index (χ2n) is 9.43. The summed E-state index contributed by atoms with van der Waals surface area (Å²) < 4.78 is 2.44. The van der Waals surface area contributed by atoms with Gasteiger partial charge in [-0.2, -0.15) is 0 Å². The smallest absolute Gasteiger partial charge is 0.251 e. The van der Waals surface area contributed by atoms with Crippen molar-refractivity contribution in [1.29, 1.82) is 0 Å². The molecule has 4 rings (SSSR count). The van der Waals surface area contributed by atoms with Crippen LogP contribution in [-0.4, -0.2) is 44.4 Å². The Morgan fingerprint density at radius 1 is 1.11 bits per heavy atom. The number of nitrogens with one attached hydrogen (secondary N) is 2. The van der Waals surface area contributed by atoms with Gasteiger partial charge in [0.25, 0.3) is 5.91 Å². The molecule has 0 radical (unpaired) electrons. The first-order chi connectivity index (χ1) is 18.1.